The van der Waals surface area contributed by atoms with Crippen LogP contribution in [0.25, 0.3) is 6.08 Å². The van der Waals surface area contributed by atoms with Crippen molar-refractivity contribution >= 4 is 29.3 Å². The summed E-state index contributed by atoms with van der Waals surface area (Å²) in [4.78, 5) is 15.3. The molecule has 1 aromatic carbocycles. The largest absolute Gasteiger partial charge is 0.317 e. The molecule has 1 aliphatic rings. The van der Waals surface area contributed by atoms with Gasteiger partial charge in [-0.05, 0) is 35.3 Å². The van der Waals surface area contributed by atoms with E-state index in [0.29, 0.717) is 16.7 Å². The predicted molar refractivity (Wildman–Crippen MR) is 81.6 cm³/mol. The van der Waals surface area contributed by atoms with Crippen LogP contribution >= 0.6 is 12.2 Å². The fourth-order valence-electron chi connectivity index (χ4n) is 2.02. The summed E-state index contributed by atoms with van der Waals surface area (Å²) in [5.41, 5.74) is 2.92. The zero-order valence-corrected chi connectivity index (χ0v) is 12.5. The molecule has 1 aliphatic heterocycles. The van der Waals surface area contributed by atoms with Gasteiger partial charge in [0, 0.05) is 14.1 Å². The average Bonchev–Trinajstić information content (AvgIpc) is 2.57. The highest BCUT2D eigenvalue weighted by atomic mass is 32.1. The second kappa shape index (κ2) is 5.13. The molecule has 1 aromatic rings. The molecule has 0 saturated carbocycles. The van der Waals surface area contributed by atoms with Gasteiger partial charge in [0.2, 0.25) is 0 Å². The maximum atomic E-state index is 12.0. The molecular formula is C15H18N2OS. The standard InChI is InChI=1S/C15H18N2OS/c1-10(2)12-7-5-11(6-8-12)9-13-14(18)17(4)15(19)16(13)3/h5-10H,1-4H3/b13-9+. The molecule has 0 radical (unpaired) electrons. The molecule has 100 valence electrons. The fourth-order valence-corrected chi connectivity index (χ4v) is 2.21. The third-order valence-corrected chi connectivity index (χ3v) is 3.91. The van der Waals surface area contributed by atoms with E-state index in [1.807, 2.05) is 25.3 Å². The van der Waals surface area contributed by atoms with Crippen molar-refractivity contribution in [2.24, 2.45) is 0 Å². The fraction of sp³-hybridized carbons (Fsp3) is 0.333. The number of amides is 1. The topological polar surface area (TPSA) is 23.6 Å². The van der Waals surface area contributed by atoms with Crippen molar-refractivity contribution in [3.8, 4) is 0 Å². The van der Waals surface area contributed by atoms with Crippen molar-refractivity contribution in [1.82, 2.24) is 9.80 Å². The number of carbonyl (C=O) groups is 1. The van der Waals surface area contributed by atoms with Gasteiger partial charge in [0.15, 0.2) is 5.11 Å². The lowest BCUT2D eigenvalue weighted by Gasteiger charge is -2.11. The molecule has 19 heavy (non-hydrogen) atoms. The minimum absolute atomic E-state index is 0.0552. The van der Waals surface area contributed by atoms with E-state index in [0.717, 1.165) is 5.56 Å². The van der Waals surface area contributed by atoms with Crippen LogP contribution < -0.4 is 0 Å². The molecule has 1 fully saturated rings. The molecule has 4 heteroatoms. The molecule has 0 aliphatic carbocycles. The monoisotopic (exact) mass is 274 g/mol. The third kappa shape index (κ3) is 2.54. The summed E-state index contributed by atoms with van der Waals surface area (Å²) in [7, 11) is 3.52. The van der Waals surface area contributed by atoms with E-state index in [9.17, 15) is 4.79 Å². The van der Waals surface area contributed by atoms with Crippen LogP contribution in [0.2, 0.25) is 0 Å². The van der Waals surface area contributed by atoms with Gasteiger partial charge in [0.1, 0.15) is 5.70 Å². The zero-order valence-electron chi connectivity index (χ0n) is 11.7. The van der Waals surface area contributed by atoms with Crippen LogP contribution in [0.15, 0.2) is 30.0 Å². The molecule has 1 saturated heterocycles. The van der Waals surface area contributed by atoms with Crippen LogP contribution in [-0.2, 0) is 4.79 Å². The Morgan fingerprint density at radius 3 is 2.11 bits per heavy atom. The number of hydrogen-bond acceptors (Lipinski definition) is 2. The highest BCUT2D eigenvalue weighted by Gasteiger charge is 2.32. The minimum Gasteiger partial charge on any atom is -0.317 e. The van der Waals surface area contributed by atoms with Gasteiger partial charge in [0.25, 0.3) is 5.91 Å². The summed E-state index contributed by atoms with van der Waals surface area (Å²) in [6.07, 6.45) is 1.88. The van der Waals surface area contributed by atoms with Crippen molar-refractivity contribution in [2.75, 3.05) is 14.1 Å². The second-order valence-corrected chi connectivity index (χ2v) is 5.42. The van der Waals surface area contributed by atoms with Crippen LogP contribution in [0.4, 0.5) is 0 Å². The van der Waals surface area contributed by atoms with Crippen molar-refractivity contribution in [3.05, 3.63) is 41.1 Å². The van der Waals surface area contributed by atoms with E-state index < -0.39 is 0 Å². The first-order valence-electron chi connectivity index (χ1n) is 6.29. The number of carbonyl (C=O) groups excluding carboxylic acids is 1. The Balaban J connectivity index is 2.31. The average molecular weight is 274 g/mol. The Morgan fingerprint density at radius 2 is 1.68 bits per heavy atom. The Morgan fingerprint density at radius 1 is 1.11 bits per heavy atom. The molecule has 0 atom stereocenters. The van der Waals surface area contributed by atoms with Crippen LogP contribution in [-0.4, -0.2) is 34.9 Å². The summed E-state index contributed by atoms with van der Waals surface area (Å²) in [5, 5.41) is 0.537. The van der Waals surface area contributed by atoms with E-state index in [2.05, 4.69) is 26.0 Å². The number of nitrogens with zero attached hydrogens (tertiary/aromatic N) is 2. The van der Waals surface area contributed by atoms with Gasteiger partial charge < -0.3 is 4.90 Å². The number of hydrogen-bond donors (Lipinski definition) is 0. The smallest absolute Gasteiger partial charge is 0.276 e. The molecular weight excluding hydrogens is 256 g/mol. The van der Waals surface area contributed by atoms with Crippen LogP contribution in [0, 0.1) is 0 Å². The Hall–Kier alpha value is -1.68. The quantitative estimate of drug-likeness (QED) is 0.612. The van der Waals surface area contributed by atoms with E-state index in [4.69, 9.17) is 12.2 Å². The summed E-state index contributed by atoms with van der Waals surface area (Å²) in [6, 6.07) is 8.26. The number of likely N-dealkylation sites (N-methyl/N-ethyl adjacent to an activating group) is 2. The Labute approximate surface area is 119 Å². The van der Waals surface area contributed by atoms with Gasteiger partial charge in [-0.2, -0.15) is 0 Å². The molecule has 0 aromatic heterocycles. The first-order valence-corrected chi connectivity index (χ1v) is 6.70. The Kier molecular flexibility index (Phi) is 3.71. The number of benzene rings is 1. The van der Waals surface area contributed by atoms with Gasteiger partial charge in [-0.3, -0.25) is 9.69 Å². The first-order chi connectivity index (χ1) is 8.91. The molecule has 1 amide bonds. The maximum Gasteiger partial charge on any atom is 0.276 e. The predicted octanol–water partition coefficient (Wildman–Crippen LogP) is 2.84. The van der Waals surface area contributed by atoms with Gasteiger partial charge in [0.05, 0.1) is 0 Å². The zero-order chi connectivity index (χ0) is 14.2. The highest BCUT2D eigenvalue weighted by molar-refractivity contribution is 7.80. The number of rotatable bonds is 2. The first kappa shape index (κ1) is 13.7. The minimum atomic E-state index is -0.0552. The summed E-state index contributed by atoms with van der Waals surface area (Å²) in [5.74, 6) is 0.455. The van der Waals surface area contributed by atoms with Gasteiger partial charge in [-0.1, -0.05) is 38.1 Å². The molecule has 3 nitrogen and oxygen atoms in total. The number of thiocarbonyl (C=S) groups is 1. The normalized spacial score (nSPS) is 18.1. The SMILES string of the molecule is CC(C)c1ccc(/C=C2\C(=O)N(C)C(=S)N2C)cc1. The van der Waals surface area contributed by atoms with Crippen molar-refractivity contribution in [1.29, 1.82) is 0 Å². The highest BCUT2D eigenvalue weighted by Crippen LogP contribution is 2.22. The second-order valence-electron chi connectivity index (χ2n) is 5.06. The van der Waals surface area contributed by atoms with E-state index in [1.54, 1.807) is 11.9 Å². The van der Waals surface area contributed by atoms with Crippen molar-refractivity contribution in [2.45, 2.75) is 19.8 Å². The third-order valence-electron chi connectivity index (χ3n) is 3.37. The lowest BCUT2D eigenvalue weighted by molar-refractivity contribution is -0.121. The summed E-state index contributed by atoms with van der Waals surface area (Å²) >= 11 is 5.18. The Bertz CT molecular complexity index is 546. The van der Waals surface area contributed by atoms with Crippen LogP contribution in [0.5, 0.6) is 0 Å². The molecule has 2 rings (SSSR count). The molecule has 0 N–H and O–H groups in total. The lowest BCUT2D eigenvalue weighted by atomic mass is 10.0. The summed E-state index contributed by atoms with van der Waals surface area (Å²) < 4.78 is 0. The van der Waals surface area contributed by atoms with E-state index >= 15 is 0 Å². The molecule has 0 bridgehead atoms. The molecule has 1 heterocycles. The molecule has 0 spiro atoms. The van der Waals surface area contributed by atoms with E-state index in [1.165, 1.54) is 10.5 Å². The van der Waals surface area contributed by atoms with Crippen molar-refractivity contribution < 1.29 is 4.79 Å². The van der Waals surface area contributed by atoms with Gasteiger partial charge in [-0.25, -0.2) is 0 Å². The van der Waals surface area contributed by atoms with Gasteiger partial charge in [-0.15, -0.1) is 0 Å². The van der Waals surface area contributed by atoms with Crippen LogP contribution in [0.3, 0.4) is 0 Å². The van der Waals surface area contributed by atoms with Crippen molar-refractivity contribution in [3.63, 3.8) is 0 Å². The van der Waals surface area contributed by atoms with Gasteiger partial charge >= 0.3 is 0 Å². The summed E-state index contributed by atoms with van der Waals surface area (Å²) in [6.45, 7) is 4.32. The maximum absolute atomic E-state index is 12.0. The van der Waals surface area contributed by atoms with E-state index in [-0.39, 0.29) is 5.91 Å². The lowest BCUT2D eigenvalue weighted by Crippen LogP contribution is -2.26. The van der Waals surface area contributed by atoms with Crippen LogP contribution in [0.1, 0.15) is 30.9 Å². The molecule has 0 unspecified atom stereocenters.